The zero-order chi connectivity index (χ0) is 19.0. The standard InChI is InChI=1S/C17H21F3N4OS.HI/c1-3-21-16(22-9-8-15-23-10-12(2)26-15)24-11-13-6-4-5-7-14(13)25-17(18,19)20;/h4-7,10H,3,8-9,11H2,1-2H3,(H2,21,22,24);1H. The average Bonchev–Trinajstić information content (AvgIpc) is 2.98. The molecule has 1 heterocycles. The molecule has 150 valence electrons. The van der Waals surface area contributed by atoms with Crippen LogP contribution in [0.25, 0.3) is 0 Å². The molecule has 0 radical (unpaired) electrons. The number of nitrogens with one attached hydrogen (secondary N) is 2. The van der Waals surface area contributed by atoms with Crippen molar-refractivity contribution in [2.75, 3.05) is 13.1 Å². The normalized spacial score (nSPS) is 11.7. The number of hydrogen-bond acceptors (Lipinski definition) is 4. The summed E-state index contributed by atoms with van der Waals surface area (Å²) in [6, 6.07) is 5.99. The van der Waals surface area contributed by atoms with Crippen LogP contribution in [0, 0.1) is 6.92 Å². The van der Waals surface area contributed by atoms with Crippen LogP contribution in [-0.2, 0) is 13.0 Å². The lowest BCUT2D eigenvalue weighted by molar-refractivity contribution is -0.274. The summed E-state index contributed by atoms with van der Waals surface area (Å²) in [5, 5.41) is 7.25. The van der Waals surface area contributed by atoms with Crippen molar-refractivity contribution >= 4 is 41.3 Å². The number of alkyl halides is 3. The van der Waals surface area contributed by atoms with Crippen molar-refractivity contribution in [1.29, 1.82) is 0 Å². The SMILES string of the molecule is CCNC(=NCc1ccccc1OC(F)(F)F)NCCc1ncc(C)s1.I. The number of aryl methyl sites for hydroxylation is 1. The first-order chi connectivity index (χ1) is 12.4. The monoisotopic (exact) mass is 514 g/mol. The number of aromatic nitrogens is 1. The molecule has 0 spiro atoms. The fraction of sp³-hybridized carbons (Fsp3) is 0.412. The van der Waals surface area contributed by atoms with E-state index in [1.54, 1.807) is 23.5 Å². The molecule has 2 N–H and O–H groups in total. The van der Waals surface area contributed by atoms with Crippen molar-refractivity contribution in [2.24, 2.45) is 4.99 Å². The smallest absolute Gasteiger partial charge is 0.405 e. The lowest BCUT2D eigenvalue weighted by atomic mass is 10.2. The van der Waals surface area contributed by atoms with Crippen molar-refractivity contribution in [1.82, 2.24) is 15.6 Å². The van der Waals surface area contributed by atoms with E-state index < -0.39 is 6.36 Å². The zero-order valence-electron chi connectivity index (χ0n) is 15.0. The lowest BCUT2D eigenvalue weighted by Gasteiger charge is -2.13. The van der Waals surface area contributed by atoms with Crippen LogP contribution in [0.15, 0.2) is 35.5 Å². The number of benzene rings is 1. The van der Waals surface area contributed by atoms with E-state index in [1.165, 1.54) is 12.1 Å². The molecule has 27 heavy (non-hydrogen) atoms. The van der Waals surface area contributed by atoms with E-state index in [9.17, 15) is 13.2 Å². The second-order valence-electron chi connectivity index (χ2n) is 5.39. The van der Waals surface area contributed by atoms with Crippen LogP contribution in [-0.4, -0.2) is 30.4 Å². The number of guanidine groups is 1. The van der Waals surface area contributed by atoms with E-state index in [2.05, 4.69) is 25.3 Å². The molecule has 0 amide bonds. The summed E-state index contributed by atoms with van der Waals surface area (Å²) >= 11 is 1.64. The Morgan fingerprint density at radius 3 is 2.63 bits per heavy atom. The van der Waals surface area contributed by atoms with Gasteiger partial charge in [0.1, 0.15) is 5.75 Å². The van der Waals surface area contributed by atoms with E-state index >= 15 is 0 Å². The second-order valence-corrected chi connectivity index (χ2v) is 6.71. The van der Waals surface area contributed by atoms with Gasteiger partial charge in [0, 0.05) is 36.1 Å². The molecule has 0 aliphatic heterocycles. The van der Waals surface area contributed by atoms with Crippen LogP contribution in [0.1, 0.15) is 22.4 Å². The number of nitrogens with zero attached hydrogens (tertiary/aromatic N) is 2. The first-order valence-corrected chi connectivity index (χ1v) is 8.96. The highest BCUT2D eigenvalue weighted by atomic mass is 127. The van der Waals surface area contributed by atoms with E-state index in [1.807, 2.05) is 20.0 Å². The van der Waals surface area contributed by atoms with Crippen molar-refractivity contribution in [3.8, 4) is 5.75 Å². The van der Waals surface area contributed by atoms with Crippen LogP contribution in [0.3, 0.4) is 0 Å². The minimum absolute atomic E-state index is 0. The molecule has 0 aliphatic carbocycles. The summed E-state index contributed by atoms with van der Waals surface area (Å²) in [7, 11) is 0. The molecular weight excluding hydrogens is 492 g/mol. The lowest BCUT2D eigenvalue weighted by Crippen LogP contribution is -2.38. The molecule has 0 unspecified atom stereocenters. The summed E-state index contributed by atoms with van der Waals surface area (Å²) in [5.74, 6) is 0.292. The van der Waals surface area contributed by atoms with Gasteiger partial charge in [0.05, 0.1) is 11.6 Å². The van der Waals surface area contributed by atoms with E-state index in [4.69, 9.17) is 0 Å². The molecule has 1 aromatic heterocycles. The third kappa shape index (κ3) is 8.78. The number of para-hydroxylation sites is 1. The third-order valence-corrected chi connectivity index (χ3v) is 4.22. The van der Waals surface area contributed by atoms with Crippen molar-refractivity contribution in [3.63, 3.8) is 0 Å². The van der Waals surface area contributed by atoms with Gasteiger partial charge in [0.25, 0.3) is 0 Å². The van der Waals surface area contributed by atoms with Gasteiger partial charge < -0.3 is 15.4 Å². The molecular formula is C17H22F3IN4OS. The maximum atomic E-state index is 12.5. The molecule has 0 aliphatic rings. The van der Waals surface area contributed by atoms with Gasteiger partial charge in [0.15, 0.2) is 5.96 Å². The summed E-state index contributed by atoms with van der Waals surface area (Å²) in [5.41, 5.74) is 0.359. The summed E-state index contributed by atoms with van der Waals surface area (Å²) in [4.78, 5) is 9.79. The van der Waals surface area contributed by atoms with Crippen molar-refractivity contribution in [3.05, 3.63) is 45.9 Å². The Balaban J connectivity index is 0.00000364. The zero-order valence-corrected chi connectivity index (χ0v) is 18.1. The number of ether oxygens (including phenoxy) is 1. The van der Waals surface area contributed by atoms with Crippen LogP contribution in [0.2, 0.25) is 0 Å². The molecule has 1 aromatic carbocycles. The highest BCUT2D eigenvalue weighted by molar-refractivity contribution is 14.0. The highest BCUT2D eigenvalue weighted by Crippen LogP contribution is 2.26. The minimum atomic E-state index is -4.73. The molecule has 5 nitrogen and oxygen atoms in total. The molecule has 2 aromatic rings. The Morgan fingerprint density at radius 1 is 1.26 bits per heavy atom. The molecule has 2 rings (SSSR count). The Kier molecular flexibility index (Phi) is 9.84. The molecule has 0 saturated heterocycles. The fourth-order valence-corrected chi connectivity index (χ4v) is 2.96. The van der Waals surface area contributed by atoms with Gasteiger partial charge in [0.2, 0.25) is 0 Å². The highest BCUT2D eigenvalue weighted by Gasteiger charge is 2.31. The van der Waals surface area contributed by atoms with E-state index in [-0.39, 0.29) is 36.3 Å². The fourth-order valence-electron chi connectivity index (χ4n) is 2.17. The summed E-state index contributed by atoms with van der Waals surface area (Å²) < 4.78 is 41.5. The van der Waals surface area contributed by atoms with Gasteiger partial charge in [-0.15, -0.1) is 48.5 Å². The number of thiazole rings is 1. The maximum absolute atomic E-state index is 12.5. The topological polar surface area (TPSA) is 58.5 Å². The summed E-state index contributed by atoms with van der Waals surface area (Å²) in [6.07, 6.45) is -2.15. The first kappa shape index (κ1) is 23.5. The Bertz CT molecular complexity index is 737. The molecule has 0 bridgehead atoms. The van der Waals surface area contributed by atoms with Crippen molar-refractivity contribution in [2.45, 2.75) is 33.2 Å². The Labute approximate surface area is 177 Å². The number of rotatable bonds is 7. The molecule has 0 saturated carbocycles. The summed E-state index contributed by atoms with van der Waals surface area (Å²) in [6.45, 7) is 5.25. The van der Waals surface area contributed by atoms with Gasteiger partial charge in [-0.2, -0.15) is 0 Å². The molecule has 0 fully saturated rings. The predicted octanol–water partition coefficient (Wildman–Crippen LogP) is 4.27. The van der Waals surface area contributed by atoms with Crippen molar-refractivity contribution < 1.29 is 17.9 Å². The van der Waals surface area contributed by atoms with Crippen LogP contribution in [0.4, 0.5) is 13.2 Å². The van der Waals surface area contributed by atoms with Gasteiger partial charge in [-0.05, 0) is 19.9 Å². The van der Waals surface area contributed by atoms with E-state index in [0.717, 1.165) is 16.3 Å². The van der Waals surface area contributed by atoms with E-state index in [0.29, 0.717) is 24.6 Å². The van der Waals surface area contributed by atoms with Gasteiger partial charge in [-0.25, -0.2) is 9.98 Å². The quantitative estimate of drug-likeness (QED) is 0.330. The van der Waals surface area contributed by atoms with Crippen LogP contribution in [0.5, 0.6) is 5.75 Å². The maximum Gasteiger partial charge on any atom is 0.573 e. The second kappa shape index (κ2) is 11.3. The van der Waals surface area contributed by atoms with Gasteiger partial charge in [-0.3, -0.25) is 0 Å². The van der Waals surface area contributed by atoms with Gasteiger partial charge in [-0.1, -0.05) is 18.2 Å². The third-order valence-electron chi connectivity index (χ3n) is 3.25. The Morgan fingerprint density at radius 2 is 2.00 bits per heavy atom. The minimum Gasteiger partial charge on any atom is -0.405 e. The first-order valence-electron chi connectivity index (χ1n) is 8.14. The largest absolute Gasteiger partial charge is 0.573 e. The van der Waals surface area contributed by atoms with Crippen LogP contribution >= 0.6 is 35.3 Å². The molecule has 10 heteroatoms. The molecule has 0 atom stereocenters. The predicted molar refractivity (Wildman–Crippen MR) is 112 cm³/mol. The van der Waals surface area contributed by atoms with Crippen LogP contribution < -0.4 is 15.4 Å². The average molecular weight is 514 g/mol. The number of halogens is 4. The van der Waals surface area contributed by atoms with Gasteiger partial charge >= 0.3 is 6.36 Å². The Hall–Kier alpha value is -1.56. The number of aliphatic imine (C=N–C) groups is 1. The number of hydrogen-bond donors (Lipinski definition) is 2.